The first-order valence-corrected chi connectivity index (χ1v) is 7.09. The van der Waals surface area contributed by atoms with Gasteiger partial charge in [-0.3, -0.25) is 4.79 Å². The highest BCUT2D eigenvalue weighted by atomic mass is 16.1. The predicted octanol–water partition coefficient (Wildman–Crippen LogP) is 2.83. The fourth-order valence-corrected chi connectivity index (χ4v) is 2.03. The van der Waals surface area contributed by atoms with Gasteiger partial charge in [-0.05, 0) is 17.7 Å². The average molecular weight is 305 g/mol. The lowest BCUT2D eigenvalue weighted by Crippen LogP contribution is -2.14. The molecule has 0 fully saturated rings. The second-order valence-corrected chi connectivity index (χ2v) is 4.80. The van der Waals surface area contributed by atoms with Crippen LogP contribution in [-0.2, 0) is 0 Å². The minimum atomic E-state index is -0.299. The number of hydrogen-bond donors (Lipinski definition) is 2. The molecule has 0 aliphatic rings. The van der Waals surface area contributed by atoms with Crippen molar-refractivity contribution in [3.8, 4) is 11.1 Å². The Morgan fingerprint density at radius 3 is 2.22 bits per heavy atom. The molecule has 2 aromatic heterocycles. The average Bonchev–Trinajstić information content (AvgIpc) is 2.63. The minimum absolute atomic E-state index is 0.299. The number of benzene rings is 1. The van der Waals surface area contributed by atoms with E-state index in [1.54, 1.807) is 19.3 Å². The summed E-state index contributed by atoms with van der Waals surface area (Å²) in [4.78, 5) is 24.4. The summed E-state index contributed by atoms with van der Waals surface area (Å²) in [5.41, 5.74) is 2.44. The van der Waals surface area contributed by atoms with Crippen LogP contribution in [0.3, 0.4) is 0 Å². The molecule has 3 aromatic rings. The summed E-state index contributed by atoms with van der Waals surface area (Å²) in [6, 6.07) is 13.6. The van der Waals surface area contributed by atoms with Crippen LogP contribution in [-0.4, -0.2) is 27.9 Å². The molecule has 0 aliphatic heterocycles. The maximum Gasteiger partial charge on any atom is 0.259 e. The van der Waals surface area contributed by atoms with Crippen molar-refractivity contribution in [2.75, 3.05) is 17.7 Å². The van der Waals surface area contributed by atoms with Gasteiger partial charge in [-0.25, -0.2) is 15.0 Å². The number of carbonyl (C=O) groups excluding carboxylic acids is 1. The molecular formula is C17H15N5O. The monoisotopic (exact) mass is 305 g/mol. The lowest BCUT2D eigenvalue weighted by Gasteiger charge is -2.06. The molecule has 114 valence electrons. The van der Waals surface area contributed by atoms with Gasteiger partial charge in [-0.15, -0.1) is 0 Å². The van der Waals surface area contributed by atoms with E-state index in [-0.39, 0.29) is 5.91 Å². The van der Waals surface area contributed by atoms with Gasteiger partial charge in [-0.1, -0.05) is 30.3 Å². The normalized spacial score (nSPS) is 10.1. The molecule has 0 bridgehead atoms. The third-order valence-corrected chi connectivity index (χ3v) is 3.25. The number of amides is 1. The van der Waals surface area contributed by atoms with E-state index >= 15 is 0 Å². The van der Waals surface area contributed by atoms with Crippen LogP contribution in [0.2, 0.25) is 0 Å². The summed E-state index contributed by atoms with van der Waals surface area (Å²) >= 11 is 0. The zero-order valence-electron chi connectivity index (χ0n) is 12.5. The number of rotatable bonds is 4. The number of nitrogens with one attached hydrogen (secondary N) is 2. The van der Waals surface area contributed by atoms with Crippen molar-refractivity contribution in [1.82, 2.24) is 15.0 Å². The Morgan fingerprint density at radius 2 is 1.61 bits per heavy atom. The summed E-state index contributed by atoms with van der Waals surface area (Å²) < 4.78 is 0. The summed E-state index contributed by atoms with van der Waals surface area (Å²) in [7, 11) is 1.72. The highest BCUT2D eigenvalue weighted by molar-refractivity contribution is 6.03. The molecule has 3 rings (SSSR count). The lowest BCUT2D eigenvalue weighted by molar-refractivity contribution is 0.102. The summed E-state index contributed by atoms with van der Waals surface area (Å²) in [6.07, 6.45) is 4.66. The van der Waals surface area contributed by atoms with E-state index in [4.69, 9.17) is 0 Å². The van der Waals surface area contributed by atoms with Gasteiger partial charge in [-0.2, -0.15) is 0 Å². The Morgan fingerprint density at radius 1 is 0.870 bits per heavy atom. The van der Waals surface area contributed by atoms with E-state index in [2.05, 4.69) is 25.6 Å². The molecule has 1 aromatic carbocycles. The fourth-order valence-electron chi connectivity index (χ4n) is 2.03. The third kappa shape index (κ3) is 3.49. The molecule has 6 heteroatoms. The van der Waals surface area contributed by atoms with E-state index in [0.29, 0.717) is 17.3 Å². The predicted molar refractivity (Wildman–Crippen MR) is 89.2 cm³/mol. The highest BCUT2D eigenvalue weighted by Crippen LogP contribution is 2.19. The smallest absolute Gasteiger partial charge is 0.259 e. The highest BCUT2D eigenvalue weighted by Gasteiger charge is 2.08. The van der Waals surface area contributed by atoms with Crippen LogP contribution in [0.4, 0.5) is 11.8 Å². The maximum atomic E-state index is 12.1. The Bertz CT molecular complexity index is 785. The molecule has 0 radical (unpaired) electrons. The second-order valence-electron chi connectivity index (χ2n) is 4.80. The SMILES string of the molecule is CNc1ncc(C(=O)Nc2ccc(-c3ccccc3)cn2)cn1. The van der Waals surface area contributed by atoms with Crippen LogP contribution in [0.15, 0.2) is 61.1 Å². The lowest BCUT2D eigenvalue weighted by atomic mass is 10.1. The number of anilines is 2. The van der Waals surface area contributed by atoms with Crippen LogP contribution in [0.25, 0.3) is 11.1 Å². The molecule has 1 amide bonds. The van der Waals surface area contributed by atoms with Gasteiger partial charge in [0.1, 0.15) is 5.82 Å². The Balaban J connectivity index is 1.71. The zero-order valence-corrected chi connectivity index (χ0v) is 12.5. The molecule has 23 heavy (non-hydrogen) atoms. The standard InChI is InChI=1S/C17H15N5O/c1-18-17-20-10-14(11-21-17)16(23)22-15-8-7-13(9-19-15)12-5-3-2-4-6-12/h2-11H,1H3,(H,18,20,21)(H,19,22,23). The molecule has 0 saturated heterocycles. The van der Waals surface area contributed by atoms with Crippen molar-refractivity contribution in [3.05, 3.63) is 66.6 Å². The molecule has 0 spiro atoms. The number of pyridine rings is 1. The summed E-state index contributed by atoms with van der Waals surface area (Å²) in [6.45, 7) is 0. The van der Waals surface area contributed by atoms with Crippen molar-refractivity contribution in [3.63, 3.8) is 0 Å². The van der Waals surface area contributed by atoms with E-state index in [1.165, 1.54) is 12.4 Å². The first-order chi connectivity index (χ1) is 11.3. The van der Waals surface area contributed by atoms with Crippen molar-refractivity contribution < 1.29 is 4.79 Å². The van der Waals surface area contributed by atoms with Crippen molar-refractivity contribution in [2.24, 2.45) is 0 Å². The molecule has 2 N–H and O–H groups in total. The van der Waals surface area contributed by atoms with E-state index in [0.717, 1.165) is 11.1 Å². The Kier molecular flexibility index (Phi) is 4.24. The molecule has 0 aliphatic carbocycles. The molecule has 0 atom stereocenters. The molecule has 6 nitrogen and oxygen atoms in total. The maximum absolute atomic E-state index is 12.1. The van der Waals surface area contributed by atoms with E-state index in [1.807, 2.05) is 36.4 Å². The summed E-state index contributed by atoms with van der Waals surface area (Å²) in [5, 5.41) is 5.52. The molecule has 0 unspecified atom stereocenters. The first kappa shape index (κ1) is 14.6. The van der Waals surface area contributed by atoms with Crippen molar-refractivity contribution in [1.29, 1.82) is 0 Å². The molecular weight excluding hydrogens is 290 g/mol. The number of carbonyl (C=O) groups is 1. The van der Waals surface area contributed by atoms with Crippen LogP contribution >= 0.6 is 0 Å². The zero-order chi connectivity index (χ0) is 16.1. The van der Waals surface area contributed by atoms with Gasteiger partial charge in [0.15, 0.2) is 0 Å². The molecule has 2 heterocycles. The van der Waals surface area contributed by atoms with Gasteiger partial charge < -0.3 is 10.6 Å². The first-order valence-electron chi connectivity index (χ1n) is 7.09. The van der Waals surface area contributed by atoms with Crippen LogP contribution in [0.5, 0.6) is 0 Å². The van der Waals surface area contributed by atoms with Gasteiger partial charge in [0, 0.05) is 31.2 Å². The summed E-state index contributed by atoms with van der Waals surface area (Å²) in [5.74, 6) is 0.645. The third-order valence-electron chi connectivity index (χ3n) is 3.25. The van der Waals surface area contributed by atoms with Gasteiger partial charge >= 0.3 is 0 Å². The minimum Gasteiger partial charge on any atom is -0.357 e. The second kappa shape index (κ2) is 6.65. The number of aromatic nitrogens is 3. The fraction of sp³-hybridized carbons (Fsp3) is 0.0588. The van der Waals surface area contributed by atoms with Gasteiger partial charge in [0.05, 0.1) is 5.56 Å². The van der Waals surface area contributed by atoms with Crippen molar-refractivity contribution >= 4 is 17.7 Å². The quantitative estimate of drug-likeness (QED) is 0.775. The Hall–Kier alpha value is -3.28. The molecule has 0 saturated carbocycles. The topological polar surface area (TPSA) is 79.8 Å². The van der Waals surface area contributed by atoms with Crippen LogP contribution in [0, 0.1) is 0 Å². The van der Waals surface area contributed by atoms with Gasteiger partial charge in [0.25, 0.3) is 5.91 Å². The van der Waals surface area contributed by atoms with Crippen molar-refractivity contribution in [2.45, 2.75) is 0 Å². The number of nitrogens with zero attached hydrogens (tertiary/aromatic N) is 3. The largest absolute Gasteiger partial charge is 0.357 e. The van der Waals surface area contributed by atoms with E-state index in [9.17, 15) is 4.79 Å². The van der Waals surface area contributed by atoms with E-state index < -0.39 is 0 Å². The Labute approximate surface area is 133 Å². The van der Waals surface area contributed by atoms with Crippen LogP contribution < -0.4 is 10.6 Å². The van der Waals surface area contributed by atoms with Crippen LogP contribution in [0.1, 0.15) is 10.4 Å². The van der Waals surface area contributed by atoms with Gasteiger partial charge in [0.2, 0.25) is 5.95 Å². The number of hydrogen-bond acceptors (Lipinski definition) is 5.